The lowest BCUT2D eigenvalue weighted by atomic mass is 10.2. The highest BCUT2D eigenvalue weighted by Gasteiger charge is 2.16. The fraction of sp³-hybridized carbons (Fsp3) is 0.250. The van der Waals surface area contributed by atoms with Gasteiger partial charge in [0.25, 0.3) is 15.9 Å². The van der Waals surface area contributed by atoms with Crippen molar-refractivity contribution in [2.24, 2.45) is 0 Å². The summed E-state index contributed by atoms with van der Waals surface area (Å²) < 4.78 is 33.5. The summed E-state index contributed by atoms with van der Waals surface area (Å²) >= 11 is 0. The molecule has 168 valence electrons. The van der Waals surface area contributed by atoms with Crippen LogP contribution < -0.4 is 14.8 Å². The molecule has 0 bridgehead atoms. The first-order valence-electron chi connectivity index (χ1n) is 10.5. The van der Waals surface area contributed by atoms with Crippen LogP contribution >= 0.6 is 0 Å². The van der Waals surface area contributed by atoms with Crippen molar-refractivity contribution < 1.29 is 17.9 Å². The van der Waals surface area contributed by atoms with Gasteiger partial charge in [0, 0.05) is 24.5 Å². The molecule has 0 aliphatic carbocycles. The summed E-state index contributed by atoms with van der Waals surface area (Å²) in [4.78, 5) is 16.5. The molecule has 0 atom stereocenters. The third-order valence-electron chi connectivity index (χ3n) is 4.78. The molecule has 0 aliphatic heterocycles. The summed E-state index contributed by atoms with van der Waals surface area (Å²) in [5.74, 6) is 0.666. The Kier molecular flexibility index (Phi) is 7.83. The van der Waals surface area contributed by atoms with Crippen LogP contribution in [-0.2, 0) is 10.0 Å². The van der Waals surface area contributed by atoms with Crippen LogP contribution in [0.4, 0.5) is 5.69 Å². The molecule has 8 heteroatoms. The Morgan fingerprint density at radius 3 is 2.41 bits per heavy atom. The van der Waals surface area contributed by atoms with E-state index < -0.39 is 10.0 Å². The zero-order valence-corrected chi connectivity index (χ0v) is 19.0. The molecule has 32 heavy (non-hydrogen) atoms. The second-order valence-corrected chi connectivity index (χ2v) is 9.00. The average Bonchev–Trinajstić information content (AvgIpc) is 2.78. The van der Waals surface area contributed by atoms with Crippen LogP contribution in [0.5, 0.6) is 11.6 Å². The Morgan fingerprint density at radius 2 is 1.75 bits per heavy atom. The third kappa shape index (κ3) is 6.31. The number of aromatic nitrogens is 1. The average molecular weight is 454 g/mol. The van der Waals surface area contributed by atoms with Crippen molar-refractivity contribution in [1.82, 2.24) is 10.3 Å². The summed E-state index contributed by atoms with van der Waals surface area (Å²) in [6.07, 6.45) is 4.60. The number of sulfonamides is 1. The largest absolute Gasteiger partial charge is 0.439 e. The molecule has 0 aliphatic rings. The number of carbonyl (C=O) groups is 1. The van der Waals surface area contributed by atoms with Gasteiger partial charge in [0.2, 0.25) is 5.88 Å². The Balaban J connectivity index is 1.59. The number of nitrogens with one attached hydrogen (secondary N) is 2. The minimum absolute atomic E-state index is 0.162. The van der Waals surface area contributed by atoms with Crippen molar-refractivity contribution in [3.63, 3.8) is 0 Å². The number of pyridine rings is 1. The lowest BCUT2D eigenvalue weighted by Crippen LogP contribution is -2.24. The quantitative estimate of drug-likeness (QED) is 0.426. The first-order chi connectivity index (χ1) is 15.4. The molecule has 1 heterocycles. The normalized spacial score (nSPS) is 11.1. The van der Waals surface area contributed by atoms with E-state index in [0.29, 0.717) is 35.0 Å². The fourth-order valence-electron chi connectivity index (χ4n) is 3.03. The standard InChI is InChI=1S/C24H27N3O4S/c1-3-4-7-16-25-24(28)19-10-15-23(26-17-19)31-21-13-11-20(12-14-21)27-32(29,30)22-9-6-5-8-18(22)2/h5-6,8-15,17,27H,3-4,7,16H2,1-2H3,(H,25,28). The molecular weight excluding hydrogens is 426 g/mol. The highest BCUT2D eigenvalue weighted by atomic mass is 32.2. The molecule has 3 rings (SSSR count). The Morgan fingerprint density at radius 1 is 1.00 bits per heavy atom. The maximum absolute atomic E-state index is 12.6. The second-order valence-electron chi connectivity index (χ2n) is 7.35. The number of rotatable bonds is 10. The van der Waals surface area contributed by atoms with Crippen molar-refractivity contribution in [3.05, 3.63) is 78.0 Å². The van der Waals surface area contributed by atoms with E-state index in [1.54, 1.807) is 67.6 Å². The highest BCUT2D eigenvalue weighted by Crippen LogP contribution is 2.24. The number of benzene rings is 2. The predicted molar refractivity (Wildman–Crippen MR) is 125 cm³/mol. The van der Waals surface area contributed by atoms with Crippen LogP contribution in [0.15, 0.2) is 71.8 Å². The molecule has 2 N–H and O–H groups in total. The van der Waals surface area contributed by atoms with Gasteiger partial charge in [-0.05, 0) is 55.3 Å². The van der Waals surface area contributed by atoms with Crippen LogP contribution in [0.1, 0.15) is 42.1 Å². The number of hydrogen-bond acceptors (Lipinski definition) is 5. The van der Waals surface area contributed by atoms with Gasteiger partial charge in [0.05, 0.1) is 10.5 Å². The smallest absolute Gasteiger partial charge is 0.262 e. The van der Waals surface area contributed by atoms with Crippen molar-refractivity contribution in [2.75, 3.05) is 11.3 Å². The van der Waals surface area contributed by atoms with Gasteiger partial charge in [0.1, 0.15) is 5.75 Å². The van der Waals surface area contributed by atoms with Crippen LogP contribution in [-0.4, -0.2) is 25.9 Å². The monoisotopic (exact) mass is 453 g/mol. The zero-order chi connectivity index (χ0) is 23.0. The topological polar surface area (TPSA) is 97.4 Å². The molecule has 0 spiro atoms. The van der Waals surface area contributed by atoms with E-state index >= 15 is 0 Å². The summed E-state index contributed by atoms with van der Waals surface area (Å²) in [6.45, 7) is 4.51. The van der Waals surface area contributed by atoms with Gasteiger partial charge in [0.15, 0.2) is 0 Å². The van der Waals surface area contributed by atoms with Gasteiger partial charge in [-0.1, -0.05) is 38.0 Å². The predicted octanol–water partition coefficient (Wildman–Crippen LogP) is 4.90. The highest BCUT2D eigenvalue weighted by molar-refractivity contribution is 7.92. The number of nitrogens with zero attached hydrogens (tertiary/aromatic N) is 1. The van der Waals surface area contributed by atoms with E-state index in [0.717, 1.165) is 19.3 Å². The molecule has 0 unspecified atom stereocenters. The molecule has 1 amide bonds. The number of aryl methyl sites for hydroxylation is 1. The Hall–Kier alpha value is -3.39. The number of anilines is 1. The number of unbranched alkanes of at least 4 members (excludes halogenated alkanes) is 2. The molecule has 1 aromatic heterocycles. The van der Waals surface area contributed by atoms with Crippen molar-refractivity contribution in [1.29, 1.82) is 0 Å². The molecule has 2 aromatic carbocycles. The van der Waals surface area contributed by atoms with Crippen LogP contribution in [0.25, 0.3) is 0 Å². The second kappa shape index (κ2) is 10.8. The molecule has 0 radical (unpaired) electrons. The summed E-state index contributed by atoms with van der Waals surface area (Å²) in [5, 5.41) is 2.87. The van der Waals surface area contributed by atoms with Gasteiger partial charge in [-0.2, -0.15) is 0 Å². The summed E-state index contributed by atoms with van der Waals surface area (Å²) in [5.41, 5.74) is 1.56. The summed E-state index contributed by atoms with van der Waals surface area (Å²) in [6, 6.07) is 16.6. The molecule has 3 aromatic rings. The van der Waals surface area contributed by atoms with Crippen LogP contribution in [0.3, 0.4) is 0 Å². The van der Waals surface area contributed by atoms with Gasteiger partial charge < -0.3 is 10.1 Å². The lowest BCUT2D eigenvalue weighted by Gasteiger charge is -2.11. The van der Waals surface area contributed by atoms with Gasteiger partial charge in [-0.3, -0.25) is 9.52 Å². The van der Waals surface area contributed by atoms with Gasteiger partial charge in [-0.15, -0.1) is 0 Å². The minimum atomic E-state index is -3.68. The van der Waals surface area contributed by atoms with Crippen LogP contribution in [0, 0.1) is 6.92 Å². The first-order valence-corrected chi connectivity index (χ1v) is 12.0. The zero-order valence-electron chi connectivity index (χ0n) is 18.2. The van der Waals surface area contributed by atoms with Crippen LogP contribution in [0.2, 0.25) is 0 Å². The number of hydrogen-bond donors (Lipinski definition) is 2. The number of carbonyl (C=O) groups excluding carboxylic acids is 1. The molecule has 7 nitrogen and oxygen atoms in total. The van der Waals surface area contributed by atoms with Crippen molar-refractivity contribution >= 4 is 21.6 Å². The van der Waals surface area contributed by atoms with E-state index in [4.69, 9.17) is 4.74 Å². The summed E-state index contributed by atoms with van der Waals surface area (Å²) in [7, 11) is -3.68. The fourth-order valence-corrected chi connectivity index (χ4v) is 4.34. The third-order valence-corrected chi connectivity index (χ3v) is 6.32. The maximum atomic E-state index is 12.6. The van der Waals surface area contributed by atoms with E-state index in [-0.39, 0.29) is 10.8 Å². The molecule has 0 saturated heterocycles. The maximum Gasteiger partial charge on any atom is 0.262 e. The first kappa shape index (κ1) is 23.3. The Labute approximate surface area is 188 Å². The lowest BCUT2D eigenvalue weighted by molar-refractivity contribution is 0.0952. The Bertz CT molecular complexity index is 1140. The molecular formula is C24H27N3O4S. The van der Waals surface area contributed by atoms with E-state index in [1.165, 1.54) is 6.20 Å². The number of ether oxygens (including phenoxy) is 1. The number of amides is 1. The van der Waals surface area contributed by atoms with Gasteiger partial charge >= 0.3 is 0 Å². The van der Waals surface area contributed by atoms with E-state index in [1.807, 2.05) is 0 Å². The van der Waals surface area contributed by atoms with E-state index in [2.05, 4.69) is 21.9 Å². The minimum Gasteiger partial charge on any atom is -0.439 e. The van der Waals surface area contributed by atoms with Crippen molar-refractivity contribution in [3.8, 4) is 11.6 Å². The SMILES string of the molecule is CCCCCNC(=O)c1ccc(Oc2ccc(NS(=O)(=O)c3ccccc3C)cc2)nc1. The molecule has 0 fully saturated rings. The van der Waals surface area contributed by atoms with Crippen molar-refractivity contribution in [2.45, 2.75) is 38.0 Å². The van der Waals surface area contributed by atoms with Gasteiger partial charge in [-0.25, -0.2) is 13.4 Å². The van der Waals surface area contributed by atoms with E-state index in [9.17, 15) is 13.2 Å². The molecule has 0 saturated carbocycles.